The van der Waals surface area contributed by atoms with E-state index in [1.807, 2.05) is 4.90 Å². The van der Waals surface area contributed by atoms with E-state index in [2.05, 4.69) is 35.1 Å². The summed E-state index contributed by atoms with van der Waals surface area (Å²) in [6.07, 6.45) is 1.91. The van der Waals surface area contributed by atoms with Crippen LogP contribution in [0.25, 0.3) is 0 Å². The summed E-state index contributed by atoms with van der Waals surface area (Å²) in [5, 5.41) is 2.91. The minimum Gasteiger partial charge on any atom is -0.444 e. The van der Waals surface area contributed by atoms with Crippen molar-refractivity contribution in [2.45, 2.75) is 65.5 Å². The first kappa shape index (κ1) is 24.6. The Kier molecular flexibility index (Phi) is 7.53. The SMILES string of the molecule is C[C@@H]1C[C@H](C)CN(C(=O)c2cc(Br)ccc2NC(=O)[C@@H]2CCCN2C(=O)OC(C)(C)C)C1. The maximum absolute atomic E-state index is 13.4. The van der Waals surface area contributed by atoms with Gasteiger partial charge in [0.1, 0.15) is 11.6 Å². The van der Waals surface area contributed by atoms with Crippen LogP contribution in [-0.4, -0.2) is 59.0 Å². The lowest BCUT2D eigenvalue weighted by Gasteiger charge is -2.35. The maximum atomic E-state index is 13.4. The molecule has 2 aliphatic rings. The molecule has 2 fully saturated rings. The zero-order valence-corrected chi connectivity index (χ0v) is 21.2. The van der Waals surface area contributed by atoms with Crippen molar-refractivity contribution in [3.05, 3.63) is 28.2 Å². The van der Waals surface area contributed by atoms with Crippen molar-refractivity contribution >= 4 is 39.5 Å². The van der Waals surface area contributed by atoms with E-state index in [9.17, 15) is 14.4 Å². The number of nitrogens with one attached hydrogen (secondary N) is 1. The molecular formula is C24H34BrN3O4. The Balaban J connectivity index is 1.78. The number of nitrogens with zero attached hydrogens (tertiary/aromatic N) is 2. The molecule has 1 N–H and O–H groups in total. The highest BCUT2D eigenvalue weighted by Gasteiger charge is 2.37. The summed E-state index contributed by atoms with van der Waals surface area (Å²) in [5.74, 6) is 0.489. The summed E-state index contributed by atoms with van der Waals surface area (Å²) in [5.41, 5.74) is 0.287. The molecule has 0 saturated carbocycles. The fourth-order valence-electron chi connectivity index (χ4n) is 4.60. The third-order valence-electron chi connectivity index (χ3n) is 5.81. The highest BCUT2D eigenvalue weighted by molar-refractivity contribution is 9.10. The van der Waals surface area contributed by atoms with Crippen molar-refractivity contribution in [3.8, 4) is 0 Å². The number of benzene rings is 1. The molecule has 0 aliphatic carbocycles. The van der Waals surface area contributed by atoms with Crippen LogP contribution in [0, 0.1) is 11.8 Å². The van der Waals surface area contributed by atoms with Gasteiger partial charge in [-0.3, -0.25) is 14.5 Å². The van der Waals surface area contributed by atoms with Crippen molar-refractivity contribution in [3.63, 3.8) is 0 Å². The van der Waals surface area contributed by atoms with Gasteiger partial charge in [0, 0.05) is 24.1 Å². The van der Waals surface area contributed by atoms with Gasteiger partial charge in [-0.25, -0.2) is 4.79 Å². The maximum Gasteiger partial charge on any atom is 0.410 e. The minimum absolute atomic E-state index is 0.0876. The average Bonchev–Trinajstić information content (AvgIpc) is 3.17. The third kappa shape index (κ3) is 6.03. The number of hydrogen-bond acceptors (Lipinski definition) is 4. The van der Waals surface area contributed by atoms with E-state index in [0.29, 0.717) is 49.1 Å². The second-order valence-corrected chi connectivity index (χ2v) is 11.1. The summed E-state index contributed by atoms with van der Waals surface area (Å²) in [4.78, 5) is 42.4. The van der Waals surface area contributed by atoms with Crippen LogP contribution in [0.2, 0.25) is 0 Å². The predicted molar refractivity (Wildman–Crippen MR) is 128 cm³/mol. The molecule has 3 rings (SSSR count). The monoisotopic (exact) mass is 507 g/mol. The number of amides is 3. The van der Waals surface area contributed by atoms with Crippen LogP contribution < -0.4 is 5.32 Å². The molecule has 0 bridgehead atoms. The van der Waals surface area contributed by atoms with Crippen LogP contribution in [0.4, 0.5) is 10.5 Å². The fraction of sp³-hybridized carbons (Fsp3) is 0.625. The molecule has 0 radical (unpaired) electrons. The molecule has 2 saturated heterocycles. The Morgan fingerprint density at radius 3 is 2.41 bits per heavy atom. The van der Waals surface area contributed by atoms with Gasteiger partial charge in [-0.1, -0.05) is 29.8 Å². The Labute approximate surface area is 199 Å². The molecule has 7 nitrogen and oxygen atoms in total. The first-order chi connectivity index (χ1) is 14.9. The third-order valence-corrected chi connectivity index (χ3v) is 6.30. The molecule has 0 unspecified atom stereocenters. The Morgan fingerprint density at radius 1 is 1.12 bits per heavy atom. The molecular weight excluding hydrogens is 474 g/mol. The van der Waals surface area contributed by atoms with Gasteiger partial charge in [-0.2, -0.15) is 0 Å². The lowest BCUT2D eigenvalue weighted by atomic mass is 9.91. The van der Waals surface area contributed by atoms with Crippen LogP contribution in [0.15, 0.2) is 22.7 Å². The first-order valence-electron chi connectivity index (χ1n) is 11.3. The van der Waals surface area contributed by atoms with Gasteiger partial charge in [0.15, 0.2) is 0 Å². The molecule has 32 heavy (non-hydrogen) atoms. The Morgan fingerprint density at radius 2 is 1.78 bits per heavy atom. The van der Waals surface area contributed by atoms with E-state index in [1.54, 1.807) is 39.0 Å². The summed E-state index contributed by atoms with van der Waals surface area (Å²) in [6, 6.07) is 4.67. The second kappa shape index (κ2) is 9.81. The molecule has 8 heteroatoms. The lowest BCUT2D eigenvalue weighted by Crippen LogP contribution is -2.45. The van der Waals surface area contributed by atoms with E-state index in [0.717, 1.165) is 17.3 Å². The zero-order valence-electron chi connectivity index (χ0n) is 19.6. The largest absolute Gasteiger partial charge is 0.444 e. The summed E-state index contributed by atoms with van der Waals surface area (Å²) in [7, 11) is 0. The summed E-state index contributed by atoms with van der Waals surface area (Å²) >= 11 is 3.45. The molecule has 3 atom stereocenters. The molecule has 3 amide bonds. The van der Waals surface area contributed by atoms with E-state index in [4.69, 9.17) is 4.74 Å². The minimum atomic E-state index is -0.630. The number of rotatable bonds is 3. The van der Waals surface area contributed by atoms with Crippen molar-refractivity contribution in [1.29, 1.82) is 0 Å². The number of likely N-dealkylation sites (tertiary alicyclic amines) is 2. The van der Waals surface area contributed by atoms with Gasteiger partial charge in [0.05, 0.1) is 11.3 Å². The molecule has 1 aromatic carbocycles. The smallest absolute Gasteiger partial charge is 0.410 e. The van der Waals surface area contributed by atoms with Crippen LogP contribution in [0.5, 0.6) is 0 Å². The number of halogens is 1. The zero-order chi connectivity index (χ0) is 23.6. The lowest BCUT2D eigenvalue weighted by molar-refractivity contribution is -0.120. The van der Waals surface area contributed by atoms with Crippen LogP contribution in [-0.2, 0) is 9.53 Å². The van der Waals surface area contributed by atoms with Gasteiger partial charge >= 0.3 is 6.09 Å². The number of carbonyl (C=O) groups is 3. The van der Waals surface area contributed by atoms with Gasteiger partial charge in [0.2, 0.25) is 5.91 Å². The normalized spacial score (nSPS) is 23.8. The van der Waals surface area contributed by atoms with Crippen molar-refractivity contribution in [1.82, 2.24) is 9.80 Å². The van der Waals surface area contributed by atoms with Crippen molar-refractivity contribution in [2.75, 3.05) is 25.0 Å². The van der Waals surface area contributed by atoms with Gasteiger partial charge in [-0.05, 0) is 70.1 Å². The number of anilines is 1. The quantitative estimate of drug-likeness (QED) is 0.630. The molecule has 2 heterocycles. The van der Waals surface area contributed by atoms with Crippen LogP contribution >= 0.6 is 15.9 Å². The topological polar surface area (TPSA) is 79.0 Å². The molecule has 0 aromatic heterocycles. The van der Waals surface area contributed by atoms with E-state index >= 15 is 0 Å². The fourth-order valence-corrected chi connectivity index (χ4v) is 4.96. The summed E-state index contributed by atoms with van der Waals surface area (Å²) < 4.78 is 6.24. The Hall–Kier alpha value is -2.09. The molecule has 1 aromatic rings. The number of hydrogen-bond donors (Lipinski definition) is 1. The Bertz CT molecular complexity index is 872. The highest BCUT2D eigenvalue weighted by Crippen LogP contribution is 2.28. The average molecular weight is 508 g/mol. The van der Waals surface area contributed by atoms with Crippen molar-refractivity contribution < 1.29 is 19.1 Å². The number of carbonyl (C=O) groups excluding carboxylic acids is 3. The standard InChI is InChI=1S/C24H34BrN3O4/c1-15-11-16(2)14-27(13-15)22(30)18-12-17(25)8-9-19(18)26-21(29)20-7-6-10-28(20)23(31)32-24(3,4)5/h8-9,12,15-16,20H,6-7,10-11,13-14H2,1-5H3,(H,26,29)/t15-,16+,20-/m0/s1. The van der Waals surface area contributed by atoms with Crippen LogP contribution in [0.3, 0.4) is 0 Å². The van der Waals surface area contributed by atoms with Crippen molar-refractivity contribution in [2.24, 2.45) is 11.8 Å². The van der Waals surface area contributed by atoms with Gasteiger partial charge in [0.25, 0.3) is 5.91 Å². The van der Waals surface area contributed by atoms with E-state index in [1.165, 1.54) is 4.90 Å². The van der Waals surface area contributed by atoms with Gasteiger partial charge in [-0.15, -0.1) is 0 Å². The second-order valence-electron chi connectivity index (χ2n) is 10.2. The van der Waals surface area contributed by atoms with E-state index < -0.39 is 17.7 Å². The first-order valence-corrected chi connectivity index (χ1v) is 12.1. The number of ether oxygens (including phenoxy) is 1. The summed E-state index contributed by atoms with van der Waals surface area (Å²) in [6.45, 7) is 11.6. The predicted octanol–water partition coefficient (Wildman–Crippen LogP) is 4.91. The molecule has 2 aliphatic heterocycles. The van der Waals surface area contributed by atoms with E-state index in [-0.39, 0.29) is 11.8 Å². The molecule has 176 valence electrons. The highest BCUT2D eigenvalue weighted by atomic mass is 79.9. The van der Waals surface area contributed by atoms with Crippen LogP contribution in [0.1, 0.15) is 64.2 Å². The molecule has 0 spiro atoms. The van der Waals surface area contributed by atoms with Gasteiger partial charge < -0.3 is 15.0 Å². The number of piperidine rings is 1.